The highest BCUT2D eigenvalue weighted by Crippen LogP contribution is 2.38. The van der Waals surface area contributed by atoms with Crippen molar-refractivity contribution in [3.63, 3.8) is 0 Å². The smallest absolute Gasteiger partial charge is 0.310 e. The quantitative estimate of drug-likeness (QED) is 0.781. The van der Waals surface area contributed by atoms with Crippen LogP contribution in [0.15, 0.2) is 0 Å². The first-order chi connectivity index (χ1) is 7.67. The molecule has 0 saturated heterocycles. The predicted molar refractivity (Wildman–Crippen MR) is 65.1 cm³/mol. The van der Waals surface area contributed by atoms with Gasteiger partial charge < -0.3 is 5.11 Å². The van der Waals surface area contributed by atoms with Gasteiger partial charge in [0.25, 0.3) is 0 Å². The van der Waals surface area contributed by atoms with E-state index in [0.717, 1.165) is 6.42 Å². The Morgan fingerprint density at radius 3 is 2.59 bits per heavy atom. The minimum absolute atomic E-state index is 0.0324. The van der Waals surface area contributed by atoms with Crippen LogP contribution in [0, 0.1) is 11.3 Å². The van der Waals surface area contributed by atoms with E-state index in [9.17, 15) is 18.3 Å². The SMILES string of the molecule is CC(C)CS(=O)(=O)NC1CCCC1(C)C(=O)O. The Morgan fingerprint density at radius 2 is 2.12 bits per heavy atom. The van der Waals surface area contributed by atoms with Crippen molar-refractivity contribution >= 4 is 16.0 Å². The summed E-state index contributed by atoms with van der Waals surface area (Å²) in [6.07, 6.45) is 1.87. The highest BCUT2D eigenvalue weighted by Gasteiger charge is 2.46. The number of hydrogen-bond acceptors (Lipinski definition) is 3. The maximum atomic E-state index is 11.8. The third kappa shape index (κ3) is 3.42. The van der Waals surface area contributed by atoms with Crippen LogP contribution in [0.25, 0.3) is 0 Å². The molecule has 0 aromatic carbocycles. The van der Waals surface area contributed by atoms with E-state index < -0.39 is 27.4 Å². The van der Waals surface area contributed by atoms with Crippen LogP contribution in [-0.4, -0.2) is 31.3 Å². The van der Waals surface area contributed by atoms with Crippen LogP contribution in [0.2, 0.25) is 0 Å². The first-order valence-electron chi connectivity index (χ1n) is 5.91. The normalized spacial score (nSPS) is 29.8. The van der Waals surface area contributed by atoms with Crippen LogP contribution in [0.4, 0.5) is 0 Å². The molecule has 0 spiro atoms. The average molecular weight is 263 g/mol. The van der Waals surface area contributed by atoms with Crippen molar-refractivity contribution in [3.8, 4) is 0 Å². The number of carboxylic acid groups (broad SMARTS) is 1. The molecule has 5 nitrogen and oxygen atoms in total. The maximum Gasteiger partial charge on any atom is 0.310 e. The molecule has 6 heteroatoms. The number of hydrogen-bond donors (Lipinski definition) is 2. The van der Waals surface area contributed by atoms with Gasteiger partial charge in [-0.05, 0) is 25.7 Å². The zero-order valence-corrected chi connectivity index (χ0v) is 11.4. The molecule has 1 fully saturated rings. The molecule has 0 amide bonds. The van der Waals surface area contributed by atoms with Crippen molar-refractivity contribution in [3.05, 3.63) is 0 Å². The summed E-state index contributed by atoms with van der Waals surface area (Å²) >= 11 is 0. The number of aliphatic carboxylic acids is 1. The van der Waals surface area contributed by atoms with E-state index in [1.165, 1.54) is 0 Å². The summed E-state index contributed by atoms with van der Waals surface area (Å²) in [7, 11) is -3.38. The Morgan fingerprint density at radius 1 is 1.53 bits per heavy atom. The molecule has 0 aliphatic heterocycles. The van der Waals surface area contributed by atoms with Gasteiger partial charge in [-0.1, -0.05) is 20.3 Å². The molecule has 2 unspecified atom stereocenters. The first kappa shape index (κ1) is 14.4. The lowest BCUT2D eigenvalue weighted by atomic mass is 9.85. The maximum absolute atomic E-state index is 11.8. The summed E-state index contributed by atoms with van der Waals surface area (Å²) in [6, 6.07) is -0.483. The van der Waals surface area contributed by atoms with E-state index in [2.05, 4.69) is 4.72 Å². The number of carbonyl (C=O) groups is 1. The van der Waals surface area contributed by atoms with Gasteiger partial charge >= 0.3 is 5.97 Å². The largest absolute Gasteiger partial charge is 0.481 e. The average Bonchev–Trinajstić information content (AvgIpc) is 2.45. The molecule has 1 aliphatic carbocycles. The minimum Gasteiger partial charge on any atom is -0.481 e. The first-order valence-corrected chi connectivity index (χ1v) is 7.56. The molecule has 0 aromatic heterocycles. The van der Waals surface area contributed by atoms with E-state index in [0.29, 0.717) is 12.8 Å². The third-order valence-corrected chi connectivity index (χ3v) is 5.07. The van der Waals surface area contributed by atoms with E-state index in [4.69, 9.17) is 0 Å². The summed E-state index contributed by atoms with van der Waals surface area (Å²) in [5.74, 6) is -0.851. The lowest BCUT2D eigenvalue weighted by Crippen LogP contribution is -2.47. The Hall–Kier alpha value is -0.620. The number of nitrogens with one attached hydrogen (secondary N) is 1. The molecule has 1 aliphatic rings. The fourth-order valence-corrected chi connectivity index (χ4v) is 4.10. The van der Waals surface area contributed by atoms with Crippen molar-refractivity contribution in [1.82, 2.24) is 4.72 Å². The molecule has 100 valence electrons. The zero-order chi connectivity index (χ0) is 13.3. The molecule has 2 N–H and O–H groups in total. The standard InChI is InChI=1S/C11H21NO4S/c1-8(2)7-17(15,16)12-9-5-4-6-11(9,3)10(13)14/h8-9,12H,4-7H2,1-3H3,(H,13,14). The van der Waals surface area contributed by atoms with Crippen molar-refractivity contribution in [2.75, 3.05) is 5.75 Å². The van der Waals surface area contributed by atoms with Gasteiger partial charge in [0, 0.05) is 6.04 Å². The lowest BCUT2D eigenvalue weighted by molar-refractivity contribution is -0.148. The van der Waals surface area contributed by atoms with Crippen LogP contribution >= 0.6 is 0 Å². The number of carboxylic acids is 1. The summed E-state index contributed by atoms with van der Waals surface area (Å²) in [6.45, 7) is 5.26. The Labute approximate surface area is 103 Å². The Kier molecular flexibility index (Phi) is 4.19. The van der Waals surface area contributed by atoms with Crippen LogP contribution in [0.3, 0.4) is 0 Å². The van der Waals surface area contributed by atoms with Crippen molar-refractivity contribution in [2.45, 2.75) is 46.1 Å². The molecule has 0 radical (unpaired) electrons. The highest BCUT2D eigenvalue weighted by atomic mass is 32.2. The van der Waals surface area contributed by atoms with Crippen molar-refractivity contribution < 1.29 is 18.3 Å². The molecular formula is C11H21NO4S. The number of sulfonamides is 1. The molecule has 0 aromatic rings. The van der Waals surface area contributed by atoms with Crippen molar-refractivity contribution in [2.24, 2.45) is 11.3 Å². The summed E-state index contributed by atoms with van der Waals surface area (Å²) in [5, 5.41) is 9.19. The topological polar surface area (TPSA) is 83.5 Å². The fraction of sp³-hybridized carbons (Fsp3) is 0.909. The zero-order valence-electron chi connectivity index (χ0n) is 10.6. The van der Waals surface area contributed by atoms with Crippen LogP contribution in [0.1, 0.15) is 40.0 Å². The third-order valence-electron chi connectivity index (χ3n) is 3.32. The molecule has 1 rings (SSSR count). The molecule has 0 bridgehead atoms. The summed E-state index contributed by atoms with van der Waals surface area (Å²) in [4.78, 5) is 11.2. The van der Waals surface area contributed by atoms with E-state index in [1.807, 2.05) is 13.8 Å². The second-order valence-corrected chi connectivity index (χ2v) is 7.26. The van der Waals surface area contributed by atoms with Crippen LogP contribution in [-0.2, 0) is 14.8 Å². The van der Waals surface area contributed by atoms with Gasteiger partial charge in [-0.2, -0.15) is 0 Å². The van der Waals surface area contributed by atoms with E-state index >= 15 is 0 Å². The van der Waals surface area contributed by atoms with E-state index in [-0.39, 0.29) is 11.7 Å². The van der Waals surface area contributed by atoms with Gasteiger partial charge in [0.2, 0.25) is 10.0 Å². The monoisotopic (exact) mass is 263 g/mol. The summed E-state index contributed by atoms with van der Waals surface area (Å²) in [5.41, 5.74) is -0.968. The van der Waals surface area contributed by atoms with Crippen LogP contribution in [0.5, 0.6) is 0 Å². The predicted octanol–water partition coefficient (Wildman–Crippen LogP) is 1.21. The van der Waals surface area contributed by atoms with Gasteiger partial charge in [0.1, 0.15) is 0 Å². The summed E-state index contributed by atoms with van der Waals surface area (Å²) < 4.78 is 26.2. The second kappa shape index (κ2) is 4.94. The molecule has 1 saturated carbocycles. The van der Waals surface area contributed by atoms with Crippen molar-refractivity contribution in [1.29, 1.82) is 0 Å². The second-order valence-electron chi connectivity index (χ2n) is 5.46. The highest BCUT2D eigenvalue weighted by molar-refractivity contribution is 7.89. The van der Waals surface area contributed by atoms with Gasteiger partial charge in [0.05, 0.1) is 11.2 Å². The Bertz CT molecular complexity index is 390. The minimum atomic E-state index is -3.38. The number of rotatable bonds is 5. The van der Waals surface area contributed by atoms with Crippen LogP contribution < -0.4 is 4.72 Å². The molecular weight excluding hydrogens is 242 g/mol. The lowest BCUT2D eigenvalue weighted by Gasteiger charge is -2.27. The van der Waals surface area contributed by atoms with E-state index in [1.54, 1.807) is 6.92 Å². The fourth-order valence-electron chi connectivity index (χ4n) is 2.31. The Balaban J connectivity index is 2.78. The van der Waals surface area contributed by atoms with Gasteiger partial charge in [0.15, 0.2) is 0 Å². The molecule has 2 atom stereocenters. The van der Waals surface area contributed by atoms with Gasteiger partial charge in [-0.15, -0.1) is 0 Å². The molecule has 0 heterocycles. The van der Waals surface area contributed by atoms with Gasteiger partial charge in [-0.3, -0.25) is 4.79 Å². The van der Waals surface area contributed by atoms with Gasteiger partial charge in [-0.25, -0.2) is 13.1 Å². The molecule has 17 heavy (non-hydrogen) atoms.